The van der Waals surface area contributed by atoms with E-state index in [9.17, 15) is 9.59 Å². The molecule has 0 bridgehead atoms. The molecule has 6 nitrogen and oxygen atoms in total. The number of aryl methyl sites for hydroxylation is 1. The van der Waals surface area contributed by atoms with E-state index in [2.05, 4.69) is 10.6 Å². The van der Waals surface area contributed by atoms with Crippen LogP contribution < -0.4 is 20.3 Å². The number of benzene rings is 2. The van der Waals surface area contributed by atoms with Crippen molar-refractivity contribution in [3.63, 3.8) is 0 Å². The summed E-state index contributed by atoms with van der Waals surface area (Å²) in [4.78, 5) is 27.6. The molecule has 0 radical (unpaired) electrons. The Morgan fingerprint density at radius 3 is 2.73 bits per heavy atom. The fourth-order valence-corrected chi connectivity index (χ4v) is 3.62. The number of rotatable bonds is 6. The molecule has 162 valence electrons. The standard InChI is InChI=1S/C22H26ClN3O3.ClH/c1-14(24-2)21(27)25-18-11-9-15-6-4-5-7-19(15)26(22(18)28)13-16-8-10-17(23)12-20(16)29-3;/h4-8,10,12,14,18,24H,9,11,13H2,1-3H3,(H,25,27);1H. The number of ether oxygens (including phenoxy) is 1. The van der Waals surface area contributed by atoms with Gasteiger partial charge in [-0.05, 0) is 50.6 Å². The highest BCUT2D eigenvalue weighted by atomic mass is 35.5. The van der Waals surface area contributed by atoms with E-state index in [0.29, 0.717) is 30.2 Å². The highest BCUT2D eigenvalue weighted by molar-refractivity contribution is 6.30. The number of anilines is 1. The topological polar surface area (TPSA) is 70.7 Å². The van der Waals surface area contributed by atoms with Crippen LogP contribution >= 0.6 is 24.0 Å². The van der Waals surface area contributed by atoms with Crippen molar-refractivity contribution in [1.29, 1.82) is 0 Å². The van der Waals surface area contributed by atoms with E-state index in [4.69, 9.17) is 16.3 Å². The molecule has 2 amide bonds. The lowest BCUT2D eigenvalue weighted by atomic mass is 10.1. The van der Waals surface area contributed by atoms with E-state index in [1.54, 1.807) is 38.1 Å². The second-order valence-electron chi connectivity index (χ2n) is 7.12. The molecule has 1 aliphatic heterocycles. The van der Waals surface area contributed by atoms with Crippen molar-refractivity contribution in [3.05, 3.63) is 58.6 Å². The van der Waals surface area contributed by atoms with Crippen LogP contribution in [0.3, 0.4) is 0 Å². The molecular weight excluding hydrogens is 425 g/mol. The first-order valence-electron chi connectivity index (χ1n) is 9.64. The number of para-hydroxylation sites is 1. The Morgan fingerprint density at radius 1 is 1.30 bits per heavy atom. The molecule has 30 heavy (non-hydrogen) atoms. The maximum atomic E-state index is 13.4. The van der Waals surface area contributed by atoms with Crippen LogP contribution in [0.15, 0.2) is 42.5 Å². The number of hydrogen-bond donors (Lipinski definition) is 2. The minimum Gasteiger partial charge on any atom is -0.496 e. The van der Waals surface area contributed by atoms with Crippen molar-refractivity contribution in [2.24, 2.45) is 0 Å². The van der Waals surface area contributed by atoms with Gasteiger partial charge >= 0.3 is 0 Å². The third-order valence-electron chi connectivity index (χ3n) is 5.27. The molecule has 8 heteroatoms. The quantitative estimate of drug-likeness (QED) is 0.706. The van der Waals surface area contributed by atoms with Crippen molar-refractivity contribution in [3.8, 4) is 5.75 Å². The van der Waals surface area contributed by atoms with Gasteiger partial charge < -0.3 is 20.3 Å². The Kier molecular flexibility index (Phi) is 8.53. The van der Waals surface area contributed by atoms with Gasteiger partial charge in [-0.2, -0.15) is 0 Å². The van der Waals surface area contributed by atoms with Crippen LogP contribution in [0.1, 0.15) is 24.5 Å². The van der Waals surface area contributed by atoms with Crippen molar-refractivity contribution in [2.75, 3.05) is 19.1 Å². The molecule has 0 saturated heterocycles. The van der Waals surface area contributed by atoms with Gasteiger partial charge in [0.05, 0.1) is 19.7 Å². The van der Waals surface area contributed by atoms with E-state index in [-0.39, 0.29) is 30.3 Å². The number of fused-ring (bicyclic) bond motifs is 1. The van der Waals surface area contributed by atoms with Crippen molar-refractivity contribution in [2.45, 2.75) is 38.4 Å². The van der Waals surface area contributed by atoms with Crippen LogP contribution in [0.2, 0.25) is 5.02 Å². The first-order chi connectivity index (χ1) is 13.9. The first kappa shape index (κ1) is 24.0. The Hall–Kier alpha value is -2.28. The summed E-state index contributed by atoms with van der Waals surface area (Å²) in [6, 6.07) is 12.2. The molecule has 2 atom stereocenters. The normalized spacial score (nSPS) is 16.7. The molecule has 2 N–H and O–H groups in total. The molecule has 0 fully saturated rings. The molecule has 2 aromatic rings. The van der Waals surface area contributed by atoms with Crippen molar-refractivity contribution < 1.29 is 14.3 Å². The number of carbonyl (C=O) groups is 2. The van der Waals surface area contributed by atoms with Crippen molar-refractivity contribution in [1.82, 2.24) is 10.6 Å². The summed E-state index contributed by atoms with van der Waals surface area (Å²) in [7, 11) is 3.30. The smallest absolute Gasteiger partial charge is 0.249 e. The highest BCUT2D eigenvalue weighted by Crippen LogP contribution is 2.31. The van der Waals surface area contributed by atoms with Crippen LogP contribution in [0.25, 0.3) is 0 Å². The molecule has 0 saturated carbocycles. The van der Waals surface area contributed by atoms with E-state index in [0.717, 1.165) is 16.8 Å². The van der Waals surface area contributed by atoms with Gasteiger partial charge in [0.2, 0.25) is 11.8 Å². The second-order valence-corrected chi connectivity index (χ2v) is 7.56. The second kappa shape index (κ2) is 10.7. The summed E-state index contributed by atoms with van der Waals surface area (Å²) in [6.45, 7) is 2.09. The number of likely N-dealkylation sites (N-methyl/N-ethyl adjacent to an activating group) is 1. The van der Waals surface area contributed by atoms with Gasteiger partial charge in [0.15, 0.2) is 0 Å². The number of halogens is 2. The van der Waals surface area contributed by atoms with Crippen LogP contribution in [0.4, 0.5) is 5.69 Å². The third kappa shape index (κ3) is 5.25. The number of nitrogens with zero attached hydrogens (tertiary/aromatic N) is 1. The molecule has 2 aromatic carbocycles. The lowest BCUT2D eigenvalue weighted by molar-refractivity contribution is -0.128. The van der Waals surface area contributed by atoms with Crippen LogP contribution in [-0.4, -0.2) is 38.1 Å². The SMILES string of the molecule is CNC(C)C(=O)NC1CCc2ccccc2N(Cc2ccc(Cl)cc2OC)C1=O.Cl. The van der Waals surface area contributed by atoms with E-state index in [1.165, 1.54) is 0 Å². The van der Waals surface area contributed by atoms with Gasteiger partial charge in [-0.25, -0.2) is 0 Å². The molecular formula is C22H27Cl2N3O3. The zero-order valence-electron chi connectivity index (χ0n) is 17.3. The largest absolute Gasteiger partial charge is 0.496 e. The van der Waals surface area contributed by atoms with Gasteiger partial charge in [-0.3, -0.25) is 9.59 Å². The summed E-state index contributed by atoms with van der Waals surface area (Å²) < 4.78 is 5.46. The minimum atomic E-state index is -0.594. The Bertz CT molecular complexity index is 907. The molecule has 1 heterocycles. The minimum absolute atomic E-state index is 0. The van der Waals surface area contributed by atoms with Crippen LogP contribution in [0.5, 0.6) is 5.75 Å². The predicted octanol–water partition coefficient (Wildman–Crippen LogP) is 3.34. The monoisotopic (exact) mass is 451 g/mol. The summed E-state index contributed by atoms with van der Waals surface area (Å²) in [5.74, 6) is 0.292. The Morgan fingerprint density at radius 2 is 2.03 bits per heavy atom. The van der Waals surface area contributed by atoms with E-state index >= 15 is 0 Å². The maximum absolute atomic E-state index is 13.4. The summed E-state index contributed by atoms with van der Waals surface area (Å²) in [6.07, 6.45) is 1.25. The lowest BCUT2D eigenvalue weighted by Gasteiger charge is -2.27. The zero-order valence-corrected chi connectivity index (χ0v) is 18.8. The average molecular weight is 452 g/mol. The average Bonchev–Trinajstić information content (AvgIpc) is 2.86. The zero-order chi connectivity index (χ0) is 21.0. The molecule has 2 unspecified atom stereocenters. The number of nitrogens with one attached hydrogen (secondary N) is 2. The van der Waals surface area contributed by atoms with E-state index < -0.39 is 6.04 Å². The predicted molar refractivity (Wildman–Crippen MR) is 122 cm³/mol. The number of amides is 2. The Labute approximate surface area is 188 Å². The number of hydrogen-bond acceptors (Lipinski definition) is 4. The summed E-state index contributed by atoms with van der Waals surface area (Å²) in [5, 5.41) is 6.38. The van der Waals surface area contributed by atoms with E-state index in [1.807, 2.05) is 30.3 Å². The summed E-state index contributed by atoms with van der Waals surface area (Å²) in [5.41, 5.74) is 2.77. The van der Waals surface area contributed by atoms with Crippen molar-refractivity contribution >= 4 is 41.5 Å². The lowest BCUT2D eigenvalue weighted by Crippen LogP contribution is -2.52. The van der Waals surface area contributed by atoms with Gasteiger partial charge in [-0.15, -0.1) is 12.4 Å². The van der Waals surface area contributed by atoms with Crippen LogP contribution in [0, 0.1) is 0 Å². The Balaban J connectivity index is 0.00000320. The molecule has 3 rings (SSSR count). The van der Waals surface area contributed by atoms with Gasteiger partial charge in [0.25, 0.3) is 0 Å². The van der Waals surface area contributed by atoms with Crippen LogP contribution in [-0.2, 0) is 22.6 Å². The first-order valence-corrected chi connectivity index (χ1v) is 10.0. The summed E-state index contributed by atoms with van der Waals surface area (Å²) >= 11 is 6.08. The molecule has 1 aliphatic rings. The van der Waals surface area contributed by atoms with Gasteiger partial charge in [0.1, 0.15) is 11.8 Å². The third-order valence-corrected chi connectivity index (χ3v) is 5.50. The molecule has 0 spiro atoms. The highest BCUT2D eigenvalue weighted by Gasteiger charge is 2.32. The van der Waals surface area contributed by atoms with Gasteiger partial charge in [-0.1, -0.05) is 35.9 Å². The fourth-order valence-electron chi connectivity index (χ4n) is 3.46. The maximum Gasteiger partial charge on any atom is 0.249 e. The fraction of sp³-hybridized carbons (Fsp3) is 0.364. The number of carbonyl (C=O) groups excluding carboxylic acids is 2. The molecule has 0 aliphatic carbocycles. The van der Waals surface area contributed by atoms with Gasteiger partial charge in [0, 0.05) is 16.3 Å². The molecule has 0 aromatic heterocycles. The number of methoxy groups -OCH3 is 1.